The topological polar surface area (TPSA) is 110 Å². The van der Waals surface area contributed by atoms with Crippen molar-refractivity contribution in [1.82, 2.24) is 14.3 Å². The summed E-state index contributed by atoms with van der Waals surface area (Å²) in [4.78, 5) is 3.95. The maximum absolute atomic E-state index is 13.0. The zero-order chi connectivity index (χ0) is 22.5. The largest absolute Gasteiger partial charge is 0.385 e. The number of aryl methyl sites for hydroxylation is 2. The van der Waals surface area contributed by atoms with Crippen molar-refractivity contribution in [2.75, 3.05) is 18.4 Å². The molecule has 0 saturated heterocycles. The van der Waals surface area contributed by atoms with E-state index in [0.717, 1.165) is 12.2 Å². The molecular formula is C21H26N4O4S2. The minimum atomic E-state index is -3.86. The molecule has 0 aliphatic rings. The third-order valence-electron chi connectivity index (χ3n) is 4.75. The number of sulfonamides is 1. The third-order valence-corrected chi connectivity index (χ3v) is 8.12. The highest BCUT2D eigenvalue weighted by molar-refractivity contribution is 7.91. The SMILES string of the molecule is CCNc1ccc(S(=O)(=O)c2ccc(C)c(S(=O)(=O)NCCCn3ccnc3)c2)cc1. The van der Waals surface area contributed by atoms with E-state index < -0.39 is 19.9 Å². The van der Waals surface area contributed by atoms with Crippen LogP contribution in [0.2, 0.25) is 0 Å². The molecule has 0 amide bonds. The van der Waals surface area contributed by atoms with Crippen LogP contribution < -0.4 is 10.0 Å². The fraction of sp³-hybridized carbons (Fsp3) is 0.286. The number of nitrogens with one attached hydrogen (secondary N) is 2. The van der Waals surface area contributed by atoms with Crippen LogP contribution in [0.1, 0.15) is 18.9 Å². The number of imidazole rings is 1. The van der Waals surface area contributed by atoms with Crippen molar-refractivity contribution in [3.63, 3.8) is 0 Å². The van der Waals surface area contributed by atoms with Crippen LogP contribution in [0, 0.1) is 6.92 Å². The molecule has 166 valence electrons. The highest BCUT2D eigenvalue weighted by Gasteiger charge is 2.23. The molecule has 0 bridgehead atoms. The summed E-state index contributed by atoms with van der Waals surface area (Å²) in [5.41, 5.74) is 1.29. The average Bonchev–Trinajstić information content (AvgIpc) is 3.25. The van der Waals surface area contributed by atoms with E-state index in [2.05, 4.69) is 15.0 Å². The zero-order valence-electron chi connectivity index (χ0n) is 17.4. The maximum Gasteiger partial charge on any atom is 0.240 e. The molecule has 1 heterocycles. The quantitative estimate of drug-likeness (QED) is 0.448. The number of hydrogen-bond donors (Lipinski definition) is 2. The van der Waals surface area contributed by atoms with Gasteiger partial charge in [-0.1, -0.05) is 6.07 Å². The number of benzene rings is 2. The Morgan fingerprint density at radius 3 is 2.35 bits per heavy atom. The van der Waals surface area contributed by atoms with Crippen LogP contribution >= 0.6 is 0 Å². The first kappa shape index (κ1) is 23.0. The number of hydrogen-bond acceptors (Lipinski definition) is 6. The Bertz CT molecular complexity index is 1220. The summed E-state index contributed by atoms with van der Waals surface area (Å²) in [7, 11) is -7.72. The molecule has 0 fully saturated rings. The van der Waals surface area contributed by atoms with Crippen molar-refractivity contribution in [2.45, 2.75) is 41.5 Å². The summed E-state index contributed by atoms with van der Waals surface area (Å²) in [5, 5.41) is 3.11. The minimum Gasteiger partial charge on any atom is -0.385 e. The number of anilines is 1. The maximum atomic E-state index is 13.0. The predicted molar refractivity (Wildman–Crippen MR) is 119 cm³/mol. The smallest absolute Gasteiger partial charge is 0.240 e. The van der Waals surface area contributed by atoms with Gasteiger partial charge in [0.15, 0.2) is 0 Å². The molecule has 0 aliphatic carbocycles. The van der Waals surface area contributed by atoms with Gasteiger partial charge in [-0.3, -0.25) is 0 Å². The van der Waals surface area contributed by atoms with Gasteiger partial charge >= 0.3 is 0 Å². The number of aromatic nitrogens is 2. The lowest BCUT2D eigenvalue weighted by molar-refractivity contribution is 0.569. The summed E-state index contributed by atoms with van der Waals surface area (Å²) in [5.74, 6) is 0. The van der Waals surface area contributed by atoms with Crippen molar-refractivity contribution in [2.24, 2.45) is 0 Å². The number of sulfone groups is 1. The fourth-order valence-corrected chi connectivity index (χ4v) is 5.80. The Kier molecular flexibility index (Phi) is 7.14. The Hall–Kier alpha value is -2.69. The fourth-order valence-electron chi connectivity index (χ4n) is 3.09. The Balaban J connectivity index is 1.79. The predicted octanol–water partition coefficient (Wildman–Crippen LogP) is 2.82. The second kappa shape index (κ2) is 9.63. The van der Waals surface area contributed by atoms with Gasteiger partial charge in [0, 0.05) is 37.7 Å². The van der Waals surface area contributed by atoms with E-state index in [-0.39, 0.29) is 21.2 Å². The van der Waals surface area contributed by atoms with Crippen LogP contribution in [-0.4, -0.2) is 39.5 Å². The van der Waals surface area contributed by atoms with Gasteiger partial charge in [-0.2, -0.15) is 0 Å². The number of rotatable bonds is 10. The first-order valence-electron chi connectivity index (χ1n) is 9.89. The second-order valence-electron chi connectivity index (χ2n) is 7.04. The first-order chi connectivity index (χ1) is 14.7. The summed E-state index contributed by atoms with van der Waals surface area (Å²) in [6, 6.07) is 10.6. The summed E-state index contributed by atoms with van der Waals surface area (Å²) in [6.07, 6.45) is 5.70. The lowest BCUT2D eigenvalue weighted by Crippen LogP contribution is -2.26. The molecule has 31 heavy (non-hydrogen) atoms. The second-order valence-corrected chi connectivity index (χ2v) is 10.7. The lowest BCUT2D eigenvalue weighted by Gasteiger charge is -2.12. The molecule has 0 radical (unpaired) electrons. The highest BCUT2D eigenvalue weighted by atomic mass is 32.2. The molecule has 3 aromatic rings. The summed E-state index contributed by atoms with van der Waals surface area (Å²) in [6.45, 7) is 5.16. The molecule has 8 nitrogen and oxygen atoms in total. The van der Waals surface area contributed by atoms with Crippen LogP contribution in [-0.2, 0) is 26.4 Å². The Labute approximate surface area is 183 Å². The summed E-state index contributed by atoms with van der Waals surface area (Å²) >= 11 is 0. The van der Waals surface area contributed by atoms with Crippen LogP contribution in [0.4, 0.5) is 5.69 Å². The van der Waals surface area contributed by atoms with Crippen molar-refractivity contribution in [3.8, 4) is 0 Å². The zero-order valence-corrected chi connectivity index (χ0v) is 19.1. The molecule has 0 spiro atoms. The first-order valence-corrected chi connectivity index (χ1v) is 12.9. The van der Waals surface area contributed by atoms with E-state index in [0.29, 0.717) is 18.5 Å². The monoisotopic (exact) mass is 462 g/mol. The van der Waals surface area contributed by atoms with Crippen LogP contribution in [0.3, 0.4) is 0 Å². The Morgan fingerprint density at radius 2 is 1.71 bits per heavy atom. The standard InChI is InChI=1S/C21H26N4O4S2/c1-3-23-18-6-9-19(10-7-18)30(26,27)20-8-5-17(2)21(15-20)31(28,29)24-11-4-13-25-14-12-22-16-25/h5-10,12,14-16,23-24H,3-4,11,13H2,1-2H3. The molecule has 0 unspecified atom stereocenters. The molecule has 0 aliphatic heterocycles. The van der Waals surface area contributed by atoms with Gasteiger partial charge in [-0.05, 0) is 62.2 Å². The molecule has 10 heteroatoms. The molecule has 2 N–H and O–H groups in total. The summed E-state index contributed by atoms with van der Waals surface area (Å²) < 4.78 is 56.1. The molecule has 2 aromatic carbocycles. The average molecular weight is 463 g/mol. The Morgan fingerprint density at radius 1 is 1.00 bits per heavy atom. The van der Waals surface area contributed by atoms with E-state index in [4.69, 9.17) is 0 Å². The van der Waals surface area contributed by atoms with Crippen molar-refractivity contribution < 1.29 is 16.8 Å². The highest BCUT2D eigenvalue weighted by Crippen LogP contribution is 2.26. The van der Waals surface area contributed by atoms with Crippen LogP contribution in [0.25, 0.3) is 0 Å². The van der Waals surface area contributed by atoms with Gasteiger partial charge in [-0.15, -0.1) is 0 Å². The van der Waals surface area contributed by atoms with Gasteiger partial charge in [0.05, 0.1) is 21.0 Å². The third kappa shape index (κ3) is 5.52. The van der Waals surface area contributed by atoms with Gasteiger partial charge in [0.1, 0.15) is 0 Å². The molecule has 0 saturated carbocycles. The van der Waals surface area contributed by atoms with Gasteiger partial charge in [0.2, 0.25) is 19.9 Å². The minimum absolute atomic E-state index is 0.0412. The van der Waals surface area contributed by atoms with Crippen molar-refractivity contribution in [1.29, 1.82) is 0 Å². The van der Waals surface area contributed by atoms with E-state index in [1.807, 2.05) is 11.5 Å². The van der Waals surface area contributed by atoms with E-state index in [1.54, 1.807) is 37.8 Å². The van der Waals surface area contributed by atoms with Crippen LogP contribution in [0.5, 0.6) is 0 Å². The van der Waals surface area contributed by atoms with E-state index >= 15 is 0 Å². The lowest BCUT2D eigenvalue weighted by atomic mass is 10.2. The van der Waals surface area contributed by atoms with E-state index in [1.165, 1.54) is 30.3 Å². The van der Waals surface area contributed by atoms with E-state index in [9.17, 15) is 16.8 Å². The number of nitrogens with zero attached hydrogens (tertiary/aromatic N) is 2. The molecule has 1 aromatic heterocycles. The molecular weight excluding hydrogens is 436 g/mol. The molecule has 3 rings (SSSR count). The van der Waals surface area contributed by atoms with Gasteiger partial charge in [0.25, 0.3) is 0 Å². The van der Waals surface area contributed by atoms with Gasteiger partial charge < -0.3 is 9.88 Å². The van der Waals surface area contributed by atoms with Crippen molar-refractivity contribution in [3.05, 3.63) is 66.7 Å². The molecule has 0 atom stereocenters. The van der Waals surface area contributed by atoms with Crippen molar-refractivity contribution >= 4 is 25.5 Å². The normalized spacial score (nSPS) is 12.1. The van der Waals surface area contributed by atoms with Gasteiger partial charge in [-0.25, -0.2) is 26.5 Å². The van der Waals surface area contributed by atoms with Crippen LogP contribution in [0.15, 0.2) is 75.9 Å².